The Morgan fingerprint density at radius 3 is 2.36 bits per heavy atom. The smallest absolute Gasteiger partial charge is 0.254 e. The molecule has 0 bridgehead atoms. The van der Waals surface area contributed by atoms with Crippen LogP contribution in [0.2, 0.25) is 0 Å². The summed E-state index contributed by atoms with van der Waals surface area (Å²) in [7, 11) is 3.14. The minimum absolute atomic E-state index is 0.00404. The van der Waals surface area contributed by atoms with Gasteiger partial charge in [0, 0.05) is 42.4 Å². The third-order valence-electron chi connectivity index (χ3n) is 4.23. The predicted octanol–water partition coefficient (Wildman–Crippen LogP) is 2.82. The van der Waals surface area contributed by atoms with E-state index in [2.05, 4.69) is 25.8 Å². The zero-order chi connectivity index (χ0) is 17.8. The Bertz CT molecular complexity index is 744. The predicted molar refractivity (Wildman–Crippen MR) is 99.6 cm³/mol. The topological polar surface area (TPSA) is 54.9 Å². The van der Waals surface area contributed by atoms with Crippen LogP contribution in [0.1, 0.15) is 10.4 Å². The average molecular weight is 406 g/mol. The number of carbonyl (C=O) groups excluding carboxylic acids is 1. The molecule has 1 aromatic heterocycles. The number of halogens is 1. The molecule has 0 radical (unpaired) electrons. The van der Waals surface area contributed by atoms with E-state index in [4.69, 9.17) is 9.47 Å². The van der Waals surface area contributed by atoms with Crippen molar-refractivity contribution < 1.29 is 14.3 Å². The van der Waals surface area contributed by atoms with E-state index in [9.17, 15) is 4.79 Å². The molecular formula is C18H20BrN3O3. The summed E-state index contributed by atoms with van der Waals surface area (Å²) in [5.41, 5.74) is 0.605. The maximum Gasteiger partial charge on any atom is 0.254 e. The number of carbonyl (C=O) groups is 1. The van der Waals surface area contributed by atoms with Crippen molar-refractivity contribution in [2.45, 2.75) is 0 Å². The van der Waals surface area contributed by atoms with Crippen molar-refractivity contribution in [3.8, 4) is 11.5 Å². The van der Waals surface area contributed by atoms with Crippen LogP contribution in [0, 0.1) is 0 Å². The summed E-state index contributed by atoms with van der Waals surface area (Å²) < 4.78 is 11.5. The molecule has 0 spiro atoms. The second kappa shape index (κ2) is 7.74. The molecule has 1 aliphatic heterocycles. The number of benzene rings is 1. The summed E-state index contributed by atoms with van der Waals surface area (Å²) in [5, 5.41) is 0. The van der Waals surface area contributed by atoms with Crippen LogP contribution in [0.3, 0.4) is 0 Å². The van der Waals surface area contributed by atoms with Gasteiger partial charge in [-0.3, -0.25) is 4.79 Å². The van der Waals surface area contributed by atoms with Gasteiger partial charge in [0.1, 0.15) is 5.82 Å². The fourth-order valence-electron chi connectivity index (χ4n) is 2.85. The van der Waals surface area contributed by atoms with Crippen molar-refractivity contribution >= 4 is 27.7 Å². The van der Waals surface area contributed by atoms with Crippen molar-refractivity contribution in [2.75, 3.05) is 45.3 Å². The molecule has 1 amide bonds. The quantitative estimate of drug-likeness (QED) is 0.782. The Morgan fingerprint density at radius 1 is 1.04 bits per heavy atom. The molecule has 132 valence electrons. The van der Waals surface area contributed by atoms with Crippen LogP contribution in [0.25, 0.3) is 0 Å². The van der Waals surface area contributed by atoms with E-state index in [-0.39, 0.29) is 5.91 Å². The summed E-state index contributed by atoms with van der Waals surface area (Å²) in [6, 6.07) is 9.21. The summed E-state index contributed by atoms with van der Waals surface area (Å²) in [6.45, 7) is 2.83. The number of anilines is 1. The highest BCUT2D eigenvalue weighted by Gasteiger charge is 2.23. The van der Waals surface area contributed by atoms with Crippen LogP contribution >= 0.6 is 15.9 Å². The first-order chi connectivity index (χ1) is 12.1. The second-order valence-corrected chi connectivity index (χ2v) is 6.60. The van der Waals surface area contributed by atoms with Gasteiger partial charge < -0.3 is 19.3 Å². The standard InChI is InChI=1S/C18H20BrN3O3/c1-24-15-5-3-13(11-16(15)25-2)18(23)22-9-7-21(8-10-22)17-6-4-14(19)12-20-17/h3-6,11-12H,7-10H2,1-2H3. The van der Waals surface area contributed by atoms with Crippen molar-refractivity contribution in [1.29, 1.82) is 0 Å². The number of methoxy groups -OCH3 is 2. The van der Waals surface area contributed by atoms with Gasteiger partial charge in [-0.2, -0.15) is 0 Å². The first kappa shape index (κ1) is 17.5. The Morgan fingerprint density at radius 2 is 1.76 bits per heavy atom. The van der Waals surface area contributed by atoms with Gasteiger partial charge in [0.25, 0.3) is 5.91 Å². The number of nitrogens with zero attached hydrogens (tertiary/aromatic N) is 3. The highest BCUT2D eigenvalue weighted by molar-refractivity contribution is 9.10. The monoisotopic (exact) mass is 405 g/mol. The molecule has 1 fully saturated rings. The van der Waals surface area contributed by atoms with Gasteiger partial charge in [-0.05, 0) is 46.3 Å². The molecule has 0 unspecified atom stereocenters. The first-order valence-electron chi connectivity index (χ1n) is 8.00. The summed E-state index contributed by atoms with van der Waals surface area (Å²) in [4.78, 5) is 21.2. The Hall–Kier alpha value is -2.28. The third kappa shape index (κ3) is 3.87. The number of amides is 1. The third-order valence-corrected chi connectivity index (χ3v) is 4.70. The molecule has 1 aliphatic rings. The lowest BCUT2D eigenvalue weighted by atomic mass is 10.1. The van der Waals surface area contributed by atoms with Crippen LogP contribution < -0.4 is 14.4 Å². The Kier molecular flexibility index (Phi) is 5.43. The van der Waals surface area contributed by atoms with Crippen molar-refractivity contribution in [2.24, 2.45) is 0 Å². The van der Waals surface area contributed by atoms with Crippen LogP contribution in [-0.4, -0.2) is 56.2 Å². The van der Waals surface area contributed by atoms with Gasteiger partial charge in [-0.1, -0.05) is 0 Å². The molecule has 25 heavy (non-hydrogen) atoms. The van der Waals surface area contributed by atoms with Crippen LogP contribution in [0.15, 0.2) is 41.0 Å². The summed E-state index contributed by atoms with van der Waals surface area (Å²) >= 11 is 3.39. The van der Waals surface area contributed by atoms with Crippen molar-refractivity contribution in [3.63, 3.8) is 0 Å². The lowest BCUT2D eigenvalue weighted by Gasteiger charge is -2.35. The number of aromatic nitrogens is 1. The molecule has 0 aliphatic carbocycles. The Labute approximate surface area is 155 Å². The highest BCUT2D eigenvalue weighted by Crippen LogP contribution is 2.28. The van der Waals surface area contributed by atoms with Crippen LogP contribution in [0.5, 0.6) is 11.5 Å². The molecule has 0 N–H and O–H groups in total. The van der Waals surface area contributed by atoms with Gasteiger partial charge in [0.05, 0.1) is 14.2 Å². The van der Waals surface area contributed by atoms with Gasteiger partial charge >= 0.3 is 0 Å². The van der Waals surface area contributed by atoms with Crippen LogP contribution in [0.4, 0.5) is 5.82 Å². The number of ether oxygens (including phenoxy) is 2. The maximum atomic E-state index is 12.7. The van der Waals surface area contributed by atoms with Crippen LogP contribution in [-0.2, 0) is 0 Å². The second-order valence-electron chi connectivity index (χ2n) is 5.68. The highest BCUT2D eigenvalue weighted by atomic mass is 79.9. The zero-order valence-corrected chi connectivity index (χ0v) is 15.8. The normalized spacial score (nSPS) is 14.4. The molecule has 3 rings (SSSR count). The first-order valence-corrected chi connectivity index (χ1v) is 8.79. The lowest BCUT2D eigenvalue weighted by Crippen LogP contribution is -2.49. The molecule has 0 atom stereocenters. The molecule has 1 aromatic carbocycles. The molecule has 7 heteroatoms. The molecular weight excluding hydrogens is 386 g/mol. The van der Waals surface area contributed by atoms with E-state index in [1.165, 1.54) is 0 Å². The van der Waals surface area contributed by atoms with Gasteiger partial charge in [0.15, 0.2) is 11.5 Å². The zero-order valence-electron chi connectivity index (χ0n) is 14.2. The van der Waals surface area contributed by atoms with E-state index in [1.54, 1.807) is 38.6 Å². The summed E-state index contributed by atoms with van der Waals surface area (Å²) in [6.07, 6.45) is 1.79. The molecule has 6 nitrogen and oxygen atoms in total. The van der Waals surface area contributed by atoms with Gasteiger partial charge in [-0.25, -0.2) is 4.98 Å². The van der Waals surface area contributed by atoms with E-state index in [0.29, 0.717) is 30.2 Å². The summed E-state index contributed by atoms with van der Waals surface area (Å²) in [5.74, 6) is 2.11. The van der Waals surface area contributed by atoms with E-state index >= 15 is 0 Å². The lowest BCUT2D eigenvalue weighted by molar-refractivity contribution is 0.0746. The van der Waals surface area contributed by atoms with Gasteiger partial charge in [-0.15, -0.1) is 0 Å². The number of pyridine rings is 1. The molecule has 2 aromatic rings. The van der Waals surface area contributed by atoms with Crippen molar-refractivity contribution in [1.82, 2.24) is 9.88 Å². The minimum atomic E-state index is 0.00404. The minimum Gasteiger partial charge on any atom is -0.493 e. The molecule has 0 saturated carbocycles. The van der Waals surface area contributed by atoms with Crippen molar-refractivity contribution in [3.05, 3.63) is 46.6 Å². The number of rotatable bonds is 4. The maximum absolute atomic E-state index is 12.7. The number of hydrogen-bond donors (Lipinski definition) is 0. The SMILES string of the molecule is COc1ccc(C(=O)N2CCN(c3ccc(Br)cn3)CC2)cc1OC. The fourth-order valence-corrected chi connectivity index (χ4v) is 3.08. The van der Waals surface area contributed by atoms with E-state index in [0.717, 1.165) is 23.4 Å². The molecule has 1 saturated heterocycles. The average Bonchev–Trinajstić information content (AvgIpc) is 2.67. The largest absolute Gasteiger partial charge is 0.493 e. The van der Waals surface area contributed by atoms with E-state index < -0.39 is 0 Å². The number of hydrogen-bond acceptors (Lipinski definition) is 5. The Balaban J connectivity index is 1.66. The fraction of sp³-hybridized carbons (Fsp3) is 0.333. The van der Waals surface area contributed by atoms with E-state index in [1.807, 2.05) is 17.0 Å². The number of piperazine rings is 1. The van der Waals surface area contributed by atoms with Gasteiger partial charge in [0.2, 0.25) is 0 Å². The molecule has 2 heterocycles.